The summed E-state index contributed by atoms with van der Waals surface area (Å²) < 4.78 is 77.1. The summed E-state index contributed by atoms with van der Waals surface area (Å²) in [7, 11) is -13.5. The Morgan fingerprint density at radius 1 is 0.981 bits per heavy atom. The van der Waals surface area contributed by atoms with Crippen molar-refractivity contribution < 1.29 is 75.2 Å². The number of anilines is 1. The van der Waals surface area contributed by atoms with Gasteiger partial charge < -0.3 is 50.0 Å². The fraction of sp³-hybridized carbons (Fsp3) is 0.542. The van der Waals surface area contributed by atoms with Crippen LogP contribution in [0.2, 0.25) is 0 Å². The predicted molar refractivity (Wildman–Crippen MR) is 172 cm³/mol. The van der Waals surface area contributed by atoms with Crippen LogP contribution in [0.4, 0.5) is 5.95 Å². The lowest BCUT2D eigenvalue weighted by Gasteiger charge is -2.21. The maximum Gasteiger partial charge on any atom is 0.519 e. The van der Waals surface area contributed by atoms with Crippen LogP contribution in [-0.4, -0.2) is 116 Å². The first-order valence-corrected chi connectivity index (χ1v) is 19.8. The van der Waals surface area contributed by atoms with Crippen LogP contribution in [0.1, 0.15) is 18.3 Å². The van der Waals surface area contributed by atoms with Gasteiger partial charge in [-0.3, -0.25) is 32.8 Å². The van der Waals surface area contributed by atoms with E-state index in [1.54, 1.807) is 0 Å². The molecular weight excluding hydrogens is 779 g/mol. The molecule has 5 unspecified atom stereocenters. The molecule has 26 nitrogen and oxygen atoms in total. The number of nitrogens with two attached hydrogens (primary N) is 1. The van der Waals surface area contributed by atoms with Gasteiger partial charge in [-0.25, -0.2) is 28.2 Å². The van der Waals surface area contributed by atoms with E-state index < -0.39 is 96.7 Å². The molecule has 9 N–H and O–H groups in total. The Balaban J connectivity index is 1.06. The average Bonchev–Trinajstić information content (AvgIpc) is 3.76. The van der Waals surface area contributed by atoms with Crippen molar-refractivity contribution in [3.8, 4) is 0 Å². The third-order valence-corrected chi connectivity index (χ3v) is 12.6. The van der Waals surface area contributed by atoms with E-state index in [1.165, 1.54) is 47.4 Å². The van der Waals surface area contributed by atoms with Gasteiger partial charge in [-0.05, 0) is 6.92 Å². The molecule has 11 atom stereocenters. The first kappa shape index (κ1) is 39.3. The molecule has 2 aliphatic heterocycles. The van der Waals surface area contributed by atoms with E-state index in [1.807, 2.05) is 0 Å². The van der Waals surface area contributed by atoms with Crippen LogP contribution in [0, 0.1) is 13.6 Å². The topological polar surface area (TPSA) is 361 Å². The van der Waals surface area contributed by atoms with E-state index in [0.717, 1.165) is 0 Å². The van der Waals surface area contributed by atoms with E-state index in [9.17, 15) is 48.4 Å². The monoisotopic (exact) mass is 813 g/mol. The van der Waals surface area contributed by atoms with Crippen LogP contribution in [0.15, 0.2) is 22.2 Å². The molecule has 0 spiro atoms. The molecule has 2 aliphatic rings. The first-order valence-electron chi connectivity index (χ1n) is 15.1. The number of nitrogens with zero attached hydrogens (tertiary/aromatic N) is 6. The van der Waals surface area contributed by atoms with Gasteiger partial charge in [0.15, 0.2) is 30.4 Å². The second-order valence-corrected chi connectivity index (χ2v) is 16.8. The van der Waals surface area contributed by atoms with Gasteiger partial charge in [0.2, 0.25) is 11.7 Å². The lowest BCUT2D eigenvalue weighted by Crippen LogP contribution is -2.46. The molecule has 4 aromatic rings. The zero-order valence-corrected chi connectivity index (χ0v) is 30.3. The highest BCUT2D eigenvalue weighted by Gasteiger charge is 2.51. The molecule has 0 aliphatic carbocycles. The SMILES string of the molecule is [CH2+]P(=O)(OC[C@H]1O[C@@H]([n+]2cn(C)c3c(=O)[nH]c(N)nc32)C(O)[C@H]1O)OP(=O)(O)OP(=O)(O)OC[C@H]1O[C@@H](n2cnc3c(=O)[nH]c(C)nc32)[C@@H](O)C1OC. The van der Waals surface area contributed by atoms with Crippen molar-refractivity contribution in [2.75, 3.05) is 26.1 Å². The molecule has 290 valence electrons. The average molecular weight is 814 g/mol. The van der Waals surface area contributed by atoms with E-state index >= 15 is 0 Å². The summed E-state index contributed by atoms with van der Waals surface area (Å²) in [5, 5.41) is 32.2. The van der Waals surface area contributed by atoms with Gasteiger partial charge in [-0.2, -0.15) is 8.62 Å². The Morgan fingerprint density at radius 2 is 1.68 bits per heavy atom. The Kier molecular flexibility index (Phi) is 10.6. The lowest BCUT2D eigenvalue weighted by molar-refractivity contribution is -0.745. The minimum atomic E-state index is -5.78. The number of methoxy groups -OCH3 is 1. The molecule has 6 rings (SSSR count). The number of hydrogen-bond donors (Lipinski definition) is 8. The Bertz CT molecular complexity index is 2300. The second kappa shape index (κ2) is 14.3. The highest BCUT2D eigenvalue weighted by Crippen LogP contribution is 2.68. The van der Waals surface area contributed by atoms with Crippen LogP contribution in [0.3, 0.4) is 0 Å². The number of ether oxygens (including phenoxy) is 3. The van der Waals surface area contributed by atoms with Crippen molar-refractivity contribution in [2.45, 2.75) is 56.0 Å². The first-order chi connectivity index (χ1) is 24.7. The summed E-state index contributed by atoms with van der Waals surface area (Å²) in [4.78, 5) is 61.9. The summed E-state index contributed by atoms with van der Waals surface area (Å²) in [6, 6.07) is 0. The Morgan fingerprint density at radius 3 is 2.38 bits per heavy atom. The number of H-pyrrole nitrogens is 2. The molecule has 0 amide bonds. The smallest absolute Gasteiger partial charge is 0.387 e. The quantitative estimate of drug-likeness (QED) is 0.0400. The minimum Gasteiger partial charge on any atom is -0.387 e. The van der Waals surface area contributed by atoms with Crippen molar-refractivity contribution in [3.05, 3.63) is 45.9 Å². The van der Waals surface area contributed by atoms with E-state index in [-0.39, 0.29) is 34.1 Å². The molecule has 4 aromatic heterocycles. The van der Waals surface area contributed by atoms with Crippen LogP contribution in [0.25, 0.3) is 22.3 Å². The molecule has 53 heavy (non-hydrogen) atoms. The number of aliphatic hydroxyl groups is 3. The number of aliphatic hydroxyl groups excluding tert-OH is 3. The third-order valence-electron chi connectivity index (χ3n) is 8.08. The number of nitrogen functional groups attached to an aromatic ring is 1. The fourth-order valence-electron chi connectivity index (χ4n) is 5.85. The second-order valence-electron chi connectivity index (χ2n) is 11.8. The summed E-state index contributed by atoms with van der Waals surface area (Å²) in [6.45, 7) is 2.81. The zero-order valence-electron chi connectivity index (χ0n) is 27.6. The minimum absolute atomic E-state index is 0.0167. The number of rotatable bonds is 13. The number of hydrogen-bond acceptors (Lipinski definition) is 19. The van der Waals surface area contributed by atoms with E-state index in [0.29, 0.717) is 0 Å². The van der Waals surface area contributed by atoms with Crippen LogP contribution in [-0.2, 0) is 52.6 Å². The van der Waals surface area contributed by atoms with Crippen molar-refractivity contribution >= 4 is 51.5 Å². The zero-order chi connectivity index (χ0) is 38.8. The predicted octanol–water partition coefficient (Wildman–Crippen LogP) is -2.28. The van der Waals surface area contributed by atoms with Gasteiger partial charge in [0.25, 0.3) is 17.1 Å². The van der Waals surface area contributed by atoms with Gasteiger partial charge in [0, 0.05) is 7.11 Å². The maximum atomic E-state index is 12.9. The van der Waals surface area contributed by atoms with E-state index in [4.69, 9.17) is 29.0 Å². The molecule has 29 heteroatoms. The van der Waals surface area contributed by atoms with Crippen LogP contribution < -0.4 is 21.4 Å². The van der Waals surface area contributed by atoms with Crippen molar-refractivity contribution in [3.63, 3.8) is 0 Å². The fourth-order valence-corrected chi connectivity index (χ4v) is 9.63. The molecule has 0 aromatic carbocycles. The number of phosphoric ester groups is 1. The molecule has 0 bridgehead atoms. The van der Waals surface area contributed by atoms with Gasteiger partial charge in [-0.15, -0.1) is 0 Å². The van der Waals surface area contributed by atoms with Gasteiger partial charge in [0.05, 0.1) is 26.6 Å². The normalized spacial score (nSPS) is 29.7. The van der Waals surface area contributed by atoms with Crippen LogP contribution in [0.5, 0.6) is 0 Å². The molecule has 0 radical (unpaired) electrons. The standard InChI is InChI=1S/C24H32N9O17P3/c1-9-27-18-12(20(37)28-9)26-7-32(18)23-16(36)17(44-3)11(48-23)6-46-52(40,41)50-53(42,43)49-51(4,39)45-5-10-14(34)15(35)22(47-10)33-8-31(2)13-19(33)29-24(25)30-21(13)38/h7-8,10-11,14-17,22-23,34-36H,4-6H2,1-3H3,(H4-2,25,27,28,29,30,37,38,40,41,42,43)/p+2/t10-,11-,14+,15?,16+,17?,22-,23-,51?/m1/s1. The Labute approximate surface area is 295 Å². The van der Waals surface area contributed by atoms with Crippen molar-refractivity contribution in [1.29, 1.82) is 0 Å². The van der Waals surface area contributed by atoms with Crippen molar-refractivity contribution in [2.24, 2.45) is 7.05 Å². The molecule has 2 saturated heterocycles. The van der Waals surface area contributed by atoms with Crippen LogP contribution >= 0.6 is 23.2 Å². The Hall–Kier alpha value is -3.42. The molecular formula is C24H34N9O17P3+2. The number of imidazole rings is 2. The maximum absolute atomic E-state index is 12.9. The lowest BCUT2D eigenvalue weighted by atomic mass is 10.1. The largest absolute Gasteiger partial charge is 0.519 e. The molecule has 2 fully saturated rings. The number of nitrogens with one attached hydrogen (secondary N) is 2. The number of aryl methyl sites for hydroxylation is 2. The molecule has 0 saturated carbocycles. The number of fused-ring (bicyclic) bond motifs is 2. The van der Waals surface area contributed by atoms with Gasteiger partial charge >= 0.3 is 28.9 Å². The summed E-state index contributed by atoms with van der Waals surface area (Å²) >= 11 is 0. The highest BCUT2D eigenvalue weighted by molar-refractivity contribution is 7.69. The summed E-state index contributed by atoms with van der Waals surface area (Å²) in [5.41, 5.74) is 4.51. The summed E-state index contributed by atoms with van der Waals surface area (Å²) in [5.74, 6) is -0.00709. The van der Waals surface area contributed by atoms with Gasteiger partial charge in [0.1, 0.15) is 42.4 Å². The highest BCUT2D eigenvalue weighted by atomic mass is 31.3. The third kappa shape index (κ3) is 7.89. The van der Waals surface area contributed by atoms with E-state index in [2.05, 4.69) is 40.2 Å². The number of phosphoric acid groups is 2. The summed E-state index contributed by atoms with van der Waals surface area (Å²) in [6.07, 6.45) is -9.00. The molecule has 6 heterocycles. The number of aromatic nitrogens is 8. The van der Waals surface area contributed by atoms with Gasteiger partial charge in [-0.1, -0.05) is 4.98 Å². The van der Waals surface area contributed by atoms with Crippen molar-refractivity contribution in [1.82, 2.24) is 34.1 Å². The number of aromatic amines is 2.